The second kappa shape index (κ2) is 4.63. The number of carboxylic acids is 1. The van der Waals surface area contributed by atoms with Crippen LogP contribution in [0.4, 0.5) is 0 Å². The van der Waals surface area contributed by atoms with Crippen LogP contribution in [0.15, 0.2) is 24.5 Å². The van der Waals surface area contributed by atoms with Gasteiger partial charge in [-0.1, -0.05) is 0 Å². The fourth-order valence-corrected chi connectivity index (χ4v) is 2.06. The number of pyridine rings is 1. The lowest BCUT2D eigenvalue weighted by Gasteiger charge is -2.04. The van der Waals surface area contributed by atoms with Gasteiger partial charge in [0.15, 0.2) is 24.2 Å². The Kier molecular flexibility index (Phi) is 3.19. The normalized spacial score (nSPS) is 23.6. The summed E-state index contributed by atoms with van der Waals surface area (Å²) in [7, 11) is 0. The van der Waals surface area contributed by atoms with Crippen LogP contribution in [0, 0.1) is 0 Å². The van der Waals surface area contributed by atoms with Gasteiger partial charge in [0.05, 0.1) is 12.1 Å². The van der Waals surface area contributed by atoms with Gasteiger partial charge in [-0.05, 0) is 13.0 Å². The molecule has 0 bridgehead atoms. The molecule has 0 spiro atoms. The molecule has 0 saturated carbocycles. The molecule has 1 unspecified atom stereocenters. The minimum Gasteiger partial charge on any atom is -0.480 e. The highest BCUT2D eigenvalue weighted by Crippen LogP contribution is 2.14. The van der Waals surface area contributed by atoms with Gasteiger partial charge in [0.25, 0.3) is 0 Å². The largest absolute Gasteiger partial charge is 0.480 e. The topological polar surface area (TPSA) is 70.3 Å². The standard InChI is InChI=1S/C12H14N2O3/c1-8(15)9-3-2-4-14(7-9)10-5-11(12(16)17)13-6-10/h2-4,7,10-11,13H,5-6H2,1H3/p+1/t10?,11-/m0/s1. The smallest absolute Gasteiger partial charge is 0.320 e. The highest BCUT2D eigenvalue weighted by Gasteiger charge is 2.34. The van der Waals surface area contributed by atoms with Gasteiger partial charge in [-0.25, -0.2) is 4.57 Å². The maximum absolute atomic E-state index is 11.3. The number of ketones is 1. The van der Waals surface area contributed by atoms with E-state index < -0.39 is 12.0 Å². The number of Topliss-reactive ketones (excluding diaryl/α,β-unsaturated/α-hetero) is 1. The van der Waals surface area contributed by atoms with E-state index >= 15 is 0 Å². The molecule has 17 heavy (non-hydrogen) atoms. The Morgan fingerprint density at radius 2 is 2.29 bits per heavy atom. The summed E-state index contributed by atoms with van der Waals surface area (Å²) in [5.41, 5.74) is 0.645. The number of carboxylic acid groups (broad SMARTS) is 1. The Morgan fingerprint density at radius 1 is 1.53 bits per heavy atom. The summed E-state index contributed by atoms with van der Waals surface area (Å²) in [5.74, 6) is -0.809. The van der Waals surface area contributed by atoms with Crippen molar-refractivity contribution in [2.75, 3.05) is 6.54 Å². The van der Waals surface area contributed by atoms with Crippen LogP contribution in [-0.4, -0.2) is 29.4 Å². The molecular weight excluding hydrogens is 220 g/mol. The second-order valence-corrected chi connectivity index (χ2v) is 4.28. The molecule has 5 heteroatoms. The van der Waals surface area contributed by atoms with Crippen molar-refractivity contribution >= 4 is 11.8 Å². The van der Waals surface area contributed by atoms with Crippen LogP contribution < -0.4 is 9.88 Å². The van der Waals surface area contributed by atoms with E-state index in [0.29, 0.717) is 18.5 Å². The number of hydrogen-bond acceptors (Lipinski definition) is 3. The first-order chi connectivity index (χ1) is 8.08. The third-order valence-corrected chi connectivity index (χ3v) is 3.06. The number of nitrogens with one attached hydrogen (secondary N) is 1. The Balaban J connectivity index is 2.16. The Morgan fingerprint density at radius 3 is 2.88 bits per heavy atom. The minimum atomic E-state index is -0.823. The summed E-state index contributed by atoms with van der Waals surface area (Å²) in [6, 6.07) is 3.17. The molecule has 0 amide bonds. The number of carbonyl (C=O) groups excluding carboxylic acids is 1. The van der Waals surface area contributed by atoms with Crippen molar-refractivity contribution in [3.05, 3.63) is 30.1 Å². The summed E-state index contributed by atoms with van der Waals surface area (Å²) in [6.07, 6.45) is 4.18. The molecule has 5 nitrogen and oxygen atoms in total. The summed E-state index contributed by atoms with van der Waals surface area (Å²) >= 11 is 0. The molecule has 90 valence electrons. The first-order valence-electron chi connectivity index (χ1n) is 5.56. The summed E-state index contributed by atoms with van der Waals surface area (Å²) in [6.45, 7) is 2.13. The van der Waals surface area contributed by atoms with Crippen LogP contribution in [0.1, 0.15) is 29.7 Å². The van der Waals surface area contributed by atoms with Crippen LogP contribution in [0.5, 0.6) is 0 Å². The number of aromatic nitrogens is 1. The third kappa shape index (κ3) is 2.50. The maximum atomic E-state index is 11.3. The van der Waals surface area contributed by atoms with Gasteiger partial charge in [-0.2, -0.15) is 0 Å². The average Bonchev–Trinajstić information content (AvgIpc) is 2.78. The van der Waals surface area contributed by atoms with Crippen molar-refractivity contribution in [3.8, 4) is 0 Å². The fraction of sp³-hybridized carbons (Fsp3) is 0.417. The van der Waals surface area contributed by atoms with Gasteiger partial charge >= 0.3 is 5.97 Å². The number of hydrogen-bond donors (Lipinski definition) is 2. The van der Waals surface area contributed by atoms with E-state index in [9.17, 15) is 9.59 Å². The van der Waals surface area contributed by atoms with Gasteiger partial charge in [0.2, 0.25) is 0 Å². The first-order valence-corrected chi connectivity index (χ1v) is 5.56. The Labute approximate surface area is 99.1 Å². The molecule has 0 radical (unpaired) electrons. The quantitative estimate of drug-likeness (QED) is 0.578. The molecule has 2 atom stereocenters. The van der Waals surface area contributed by atoms with E-state index in [0.717, 1.165) is 0 Å². The monoisotopic (exact) mass is 235 g/mol. The average molecular weight is 235 g/mol. The lowest BCUT2D eigenvalue weighted by Crippen LogP contribution is -2.40. The summed E-state index contributed by atoms with van der Waals surface area (Å²) < 4.78 is 1.91. The van der Waals surface area contributed by atoms with E-state index in [4.69, 9.17) is 5.11 Å². The van der Waals surface area contributed by atoms with Crippen LogP contribution in [-0.2, 0) is 4.79 Å². The number of rotatable bonds is 3. The van der Waals surface area contributed by atoms with Crippen LogP contribution in [0.2, 0.25) is 0 Å². The summed E-state index contributed by atoms with van der Waals surface area (Å²) in [4.78, 5) is 22.1. The molecule has 2 heterocycles. The van der Waals surface area contributed by atoms with Gasteiger partial charge in [-0.15, -0.1) is 0 Å². The van der Waals surface area contributed by atoms with Gasteiger partial charge in [-0.3, -0.25) is 14.9 Å². The molecule has 0 aliphatic carbocycles. The highest BCUT2D eigenvalue weighted by molar-refractivity contribution is 5.93. The molecule has 1 aliphatic rings. The Hall–Kier alpha value is -1.75. The van der Waals surface area contributed by atoms with Crippen LogP contribution in [0.25, 0.3) is 0 Å². The van der Waals surface area contributed by atoms with E-state index in [1.165, 1.54) is 6.92 Å². The second-order valence-electron chi connectivity index (χ2n) is 4.28. The Bertz CT molecular complexity index is 459. The van der Waals surface area contributed by atoms with Crippen molar-refractivity contribution < 1.29 is 19.3 Å². The van der Waals surface area contributed by atoms with Crippen LogP contribution >= 0.6 is 0 Å². The molecule has 1 aromatic heterocycles. The third-order valence-electron chi connectivity index (χ3n) is 3.06. The van der Waals surface area contributed by atoms with Crippen molar-refractivity contribution in [3.63, 3.8) is 0 Å². The molecule has 1 fully saturated rings. The molecule has 1 saturated heterocycles. The van der Waals surface area contributed by atoms with Crippen molar-refractivity contribution in [2.24, 2.45) is 0 Å². The zero-order valence-electron chi connectivity index (χ0n) is 9.59. The zero-order valence-corrected chi connectivity index (χ0v) is 9.59. The van der Waals surface area contributed by atoms with E-state index in [2.05, 4.69) is 5.32 Å². The molecular formula is C12H15N2O3+. The van der Waals surface area contributed by atoms with Crippen molar-refractivity contribution in [1.82, 2.24) is 5.32 Å². The van der Waals surface area contributed by atoms with Gasteiger partial charge < -0.3 is 5.11 Å². The van der Waals surface area contributed by atoms with Crippen molar-refractivity contribution in [1.29, 1.82) is 0 Å². The predicted octanol–water partition coefficient (Wildman–Crippen LogP) is 0.164. The molecule has 1 aliphatic heterocycles. The SMILES string of the molecule is CC(=O)c1ccc[n+](C2CN[C@H](C(=O)O)C2)c1. The minimum absolute atomic E-state index is 0.0140. The molecule has 1 aromatic rings. The molecule has 2 rings (SSSR count). The predicted molar refractivity (Wildman–Crippen MR) is 59.7 cm³/mol. The first kappa shape index (κ1) is 11.7. The summed E-state index contributed by atoms with van der Waals surface area (Å²) in [5, 5.41) is 11.8. The van der Waals surface area contributed by atoms with E-state index in [-0.39, 0.29) is 11.8 Å². The van der Waals surface area contributed by atoms with E-state index in [1.54, 1.807) is 12.3 Å². The van der Waals surface area contributed by atoms with Crippen molar-refractivity contribution in [2.45, 2.75) is 25.4 Å². The fourth-order valence-electron chi connectivity index (χ4n) is 2.06. The molecule has 0 aromatic carbocycles. The maximum Gasteiger partial charge on any atom is 0.320 e. The van der Waals surface area contributed by atoms with Gasteiger partial charge in [0.1, 0.15) is 6.04 Å². The number of aliphatic carboxylic acids is 1. The number of carbonyl (C=O) groups is 2. The zero-order chi connectivity index (χ0) is 12.4. The van der Waals surface area contributed by atoms with Crippen LogP contribution in [0.3, 0.4) is 0 Å². The molecule has 2 N–H and O–H groups in total. The number of nitrogens with zero attached hydrogens (tertiary/aromatic N) is 1. The lowest BCUT2D eigenvalue weighted by atomic mass is 10.1. The van der Waals surface area contributed by atoms with Gasteiger partial charge in [0, 0.05) is 12.5 Å². The van der Waals surface area contributed by atoms with E-state index in [1.807, 2.05) is 16.8 Å². The highest BCUT2D eigenvalue weighted by atomic mass is 16.4. The lowest BCUT2D eigenvalue weighted by molar-refractivity contribution is -0.719.